The average molecular weight is 288 g/mol. The molecule has 1 aromatic heterocycles. The lowest BCUT2D eigenvalue weighted by Gasteiger charge is -2.07. The summed E-state index contributed by atoms with van der Waals surface area (Å²) in [7, 11) is 0. The van der Waals surface area contributed by atoms with Crippen LogP contribution in [0, 0.1) is 11.3 Å². The van der Waals surface area contributed by atoms with Crippen LogP contribution in [-0.2, 0) is 6.54 Å². The van der Waals surface area contributed by atoms with E-state index in [1.165, 1.54) is 12.3 Å². The molecule has 0 bridgehead atoms. The number of hydrogen-bond acceptors (Lipinski definition) is 4. The lowest BCUT2D eigenvalue weighted by atomic mass is 10.1. The number of nitrogens with one attached hydrogen (secondary N) is 1. The summed E-state index contributed by atoms with van der Waals surface area (Å²) < 4.78 is 0. The monoisotopic (exact) mass is 287 g/mol. The summed E-state index contributed by atoms with van der Waals surface area (Å²) in [6, 6.07) is 10.5. The summed E-state index contributed by atoms with van der Waals surface area (Å²) in [5.41, 5.74) is 1.55. The van der Waals surface area contributed by atoms with E-state index in [1.807, 2.05) is 18.2 Å². The van der Waals surface area contributed by atoms with Gasteiger partial charge in [-0.15, -0.1) is 0 Å². The zero-order valence-corrected chi connectivity index (χ0v) is 11.1. The minimum absolute atomic E-state index is 0.00370. The normalized spacial score (nSPS) is 9.80. The van der Waals surface area contributed by atoms with Crippen LogP contribution in [0.4, 0.5) is 5.82 Å². The van der Waals surface area contributed by atoms with Gasteiger partial charge in [0.2, 0.25) is 0 Å². The second-order valence-electron chi connectivity index (χ2n) is 4.02. The molecule has 2 aromatic rings. The van der Waals surface area contributed by atoms with Crippen LogP contribution in [0.2, 0.25) is 5.02 Å². The van der Waals surface area contributed by atoms with Crippen LogP contribution in [-0.4, -0.2) is 16.1 Å². The number of aromatic nitrogens is 1. The SMILES string of the molecule is N#Cc1ccc(CNc2cc(C(=O)O)c(Cl)cn2)cc1. The maximum atomic E-state index is 10.9. The summed E-state index contributed by atoms with van der Waals surface area (Å²) in [6.07, 6.45) is 1.30. The van der Waals surface area contributed by atoms with Crippen molar-refractivity contribution in [1.29, 1.82) is 5.26 Å². The molecule has 0 aliphatic rings. The number of halogens is 1. The first-order valence-electron chi connectivity index (χ1n) is 5.72. The number of rotatable bonds is 4. The molecule has 1 aromatic carbocycles. The van der Waals surface area contributed by atoms with Gasteiger partial charge in [-0.1, -0.05) is 23.7 Å². The fourth-order valence-electron chi connectivity index (χ4n) is 1.59. The van der Waals surface area contributed by atoms with Crippen LogP contribution in [0.15, 0.2) is 36.5 Å². The van der Waals surface area contributed by atoms with Gasteiger partial charge in [-0.05, 0) is 23.8 Å². The first kappa shape index (κ1) is 13.8. The molecule has 0 atom stereocenters. The predicted molar refractivity (Wildman–Crippen MR) is 74.7 cm³/mol. The molecular weight excluding hydrogens is 278 g/mol. The molecule has 0 aliphatic heterocycles. The third kappa shape index (κ3) is 3.25. The minimum Gasteiger partial charge on any atom is -0.478 e. The number of nitrogens with zero attached hydrogens (tertiary/aromatic N) is 2. The molecule has 20 heavy (non-hydrogen) atoms. The molecule has 0 radical (unpaired) electrons. The van der Waals surface area contributed by atoms with Gasteiger partial charge in [0.1, 0.15) is 5.82 Å². The first-order chi connectivity index (χ1) is 9.60. The first-order valence-corrected chi connectivity index (χ1v) is 6.09. The third-order valence-electron chi connectivity index (χ3n) is 2.64. The van der Waals surface area contributed by atoms with E-state index in [4.69, 9.17) is 22.0 Å². The Morgan fingerprint density at radius 1 is 1.40 bits per heavy atom. The van der Waals surface area contributed by atoms with E-state index in [-0.39, 0.29) is 10.6 Å². The number of carboxylic acid groups (broad SMARTS) is 1. The molecule has 2 rings (SSSR count). The highest BCUT2D eigenvalue weighted by Crippen LogP contribution is 2.18. The van der Waals surface area contributed by atoms with Crippen LogP contribution < -0.4 is 5.32 Å². The van der Waals surface area contributed by atoms with Gasteiger partial charge in [0, 0.05) is 12.7 Å². The van der Waals surface area contributed by atoms with Crippen LogP contribution in [0.5, 0.6) is 0 Å². The number of nitriles is 1. The summed E-state index contributed by atoms with van der Waals surface area (Å²) in [5, 5.41) is 20.8. The lowest BCUT2D eigenvalue weighted by Crippen LogP contribution is -2.04. The Labute approximate surface area is 120 Å². The van der Waals surface area contributed by atoms with E-state index in [0.717, 1.165) is 5.56 Å². The molecular formula is C14H10ClN3O2. The maximum Gasteiger partial charge on any atom is 0.337 e. The van der Waals surface area contributed by atoms with Crippen LogP contribution in [0.1, 0.15) is 21.5 Å². The molecule has 0 unspecified atom stereocenters. The Hall–Kier alpha value is -2.58. The van der Waals surface area contributed by atoms with Gasteiger partial charge in [-0.2, -0.15) is 5.26 Å². The van der Waals surface area contributed by atoms with Crippen molar-refractivity contribution in [3.05, 3.63) is 58.2 Å². The van der Waals surface area contributed by atoms with Crippen LogP contribution in [0.3, 0.4) is 0 Å². The van der Waals surface area contributed by atoms with Gasteiger partial charge < -0.3 is 10.4 Å². The topological polar surface area (TPSA) is 86.0 Å². The average Bonchev–Trinajstić information content (AvgIpc) is 2.46. The largest absolute Gasteiger partial charge is 0.478 e. The molecule has 100 valence electrons. The molecule has 0 fully saturated rings. The standard InChI is InChI=1S/C14H10ClN3O2/c15-12-8-18-13(5-11(12)14(19)20)17-7-10-3-1-9(6-16)2-4-10/h1-5,8H,7H2,(H,17,18)(H,19,20). The van der Waals surface area contributed by atoms with Crippen LogP contribution in [0.25, 0.3) is 0 Å². The second-order valence-corrected chi connectivity index (χ2v) is 4.42. The van der Waals surface area contributed by atoms with Crippen molar-refractivity contribution in [3.63, 3.8) is 0 Å². The maximum absolute atomic E-state index is 10.9. The lowest BCUT2D eigenvalue weighted by molar-refractivity contribution is 0.0697. The van der Waals surface area contributed by atoms with Crippen molar-refractivity contribution >= 4 is 23.4 Å². The Kier molecular flexibility index (Phi) is 4.18. The number of carbonyl (C=O) groups is 1. The Morgan fingerprint density at radius 2 is 2.10 bits per heavy atom. The van der Waals surface area contributed by atoms with Gasteiger partial charge in [0.05, 0.1) is 22.2 Å². The van der Waals surface area contributed by atoms with Crippen molar-refractivity contribution < 1.29 is 9.90 Å². The summed E-state index contributed by atoms with van der Waals surface area (Å²) in [4.78, 5) is 15.0. The van der Waals surface area contributed by atoms with Crippen molar-refractivity contribution in [2.75, 3.05) is 5.32 Å². The highest BCUT2D eigenvalue weighted by molar-refractivity contribution is 6.33. The summed E-state index contributed by atoms with van der Waals surface area (Å²) >= 11 is 5.74. The van der Waals surface area contributed by atoms with E-state index in [9.17, 15) is 4.79 Å². The van der Waals surface area contributed by atoms with Gasteiger partial charge in [-0.25, -0.2) is 9.78 Å². The van der Waals surface area contributed by atoms with Gasteiger partial charge >= 0.3 is 5.97 Å². The number of anilines is 1. The molecule has 0 amide bonds. The molecule has 2 N–H and O–H groups in total. The van der Waals surface area contributed by atoms with E-state index < -0.39 is 5.97 Å². The number of hydrogen-bond donors (Lipinski definition) is 2. The van der Waals surface area contributed by atoms with Gasteiger partial charge in [0.15, 0.2) is 0 Å². The Morgan fingerprint density at radius 3 is 2.70 bits per heavy atom. The van der Waals surface area contributed by atoms with E-state index in [1.54, 1.807) is 12.1 Å². The predicted octanol–water partition coefficient (Wildman–Crippen LogP) is 2.92. The Balaban J connectivity index is 2.09. The number of pyridine rings is 1. The van der Waals surface area contributed by atoms with Gasteiger partial charge in [0.25, 0.3) is 0 Å². The number of benzene rings is 1. The molecule has 0 aliphatic carbocycles. The summed E-state index contributed by atoms with van der Waals surface area (Å²) in [6.45, 7) is 0.472. The highest BCUT2D eigenvalue weighted by Gasteiger charge is 2.10. The number of aromatic carboxylic acids is 1. The quantitative estimate of drug-likeness (QED) is 0.903. The molecule has 1 heterocycles. The fraction of sp³-hybridized carbons (Fsp3) is 0.0714. The molecule has 0 spiro atoms. The molecule has 6 heteroatoms. The smallest absolute Gasteiger partial charge is 0.337 e. The Bertz CT molecular complexity index is 678. The van der Waals surface area contributed by atoms with Crippen molar-refractivity contribution in [1.82, 2.24) is 4.98 Å². The zero-order chi connectivity index (χ0) is 14.5. The van der Waals surface area contributed by atoms with Crippen LogP contribution >= 0.6 is 11.6 Å². The van der Waals surface area contributed by atoms with Crippen molar-refractivity contribution in [2.24, 2.45) is 0 Å². The van der Waals surface area contributed by atoms with E-state index >= 15 is 0 Å². The molecule has 0 saturated carbocycles. The third-order valence-corrected chi connectivity index (χ3v) is 2.94. The molecule has 5 nitrogen and oxygen atoms in total. The second kappa shape index (κ2) is 6.04. The highest BCUT2D eigenvalue weighted by atomic mass is 35.5. The van der Waals surface area contributed by atoms with Crippen molar-refractivity contribution in [3.8, 4) is 6.07 Å². The summed E-state index contributed by atoms with van der Waals surface area (Å²) in [5.74, 6) is -0.671. The van der Waals surface area contributed by atoms with Gasteiger partial charge in [-0.3, -0.25) is 0 Å². The number of carboxylic acids is 1. The zero-order valence-electron chi connectivity index (χ0n) is 10.3. The van der Waals surface area contributed by atoms with Crippen molar-refractivity contribution in [2.45, 2.75) is 6.54 Å². The minimum atomic E-state index is -1.10. The fourth-order valence-corrected chi connectivity index (χ4v) is 1.77. The van der Waals surface area contributed by atoms with E-state index in [0.29, 0.717) is 17.9 Å². The molecule has 0 saturated heterocycles. The van der Waals surface area contributed by atoms with E-state index in [2.05, 4.69) is 10.3 Å².